The number of aromatic nitrogens is 2. The van der Waals surface area contributed by atoms with E-state index in [1.165, 1.54) is 25.0 Å². The second-order valence-corrected chi connectivity index (χ2v) is 8.56. The van der Waals surface area contributed by atoms with Crippen LogP contribution in [0, 0.1) is 18.6 Å². The molecule has 2 aromatic heterocycles. The third-order valence-electron chi connectivity index (χ3n) is 4.96. The van der Waals surface area contributed by atoms with Crippen molar-refractivity contribution in [1.82, 2.24) is 9.78 Å². The molecule has 9 nitrogen and oxygen atoms in total. The average molecular weight is 516 g/mol. The summed E-state index contributed by atoms with van der Waals surface area (Å²) in [6, 6.07) is 2.52. The molecular formula is C24H23F2N5O4S. The molecule has 2 heterocycles. The van der Waals surface area contributed by atoms with E-state index in [0.29, 0.717) is 21.9 Å². The van der Waals surface area contributed by atoms with Crippen LogP contribution in [0.1, 0.15) is 25.7 Å². The molecule has 0 aliphatic rings. The Hall–Kier alpha value is -4.32. The van der Waals surface area contributed by atoms with Crippen LogP contribution >= 0.6 is 11.3 Å². The number of benzene rings is 1. The number of hydrogen-bond acceptors (Lipinski definition) is 8. The summed E-state index contributed by atoms with van der Waals surface area (Å²) < 4.78 is 41.0. The van der Waals surface area contributed by atoms with E-state index in [9.17, 15) is 18.4 Å². The van der Waals surface area contributed by atoms with Crippen molar-refractivity contribution in [2.45, 2.75) is 6.92 Å². The average Bonchev–Trinajstić information content (AvgIpc) is 3.39. The highest BCUT2D eigenvalue weighted by Crippen LogP contribution is 2.35. The van der Waals surface area contributed by atoms with Gasteiger partial charge in [0, 0.05) is 18.0 Å². The summed E-state index contributed by atoms with van der Waals surface area (Å²) in [5.41, 5.74) is 0.161. The third kappa shape index (κ3) is 5.33. The van der Waals surface area contributed by atoms with E-state index in [0.717, 1.165) is 23.5 Å². The number of anilines is 2. The number of nitrogens with zero attached hydrogens (tertiary/aromatic N) is 3. The number of hydrogen-bond donors (Lipinski definition) is 2. The van der Waals surface area contributed by atoms with Crippen molar-refractivity contribution in [3.8, 4) is 11.5 Å². The van der Waals surface area contributed by atoms with Gasteiger partial charge in [0.2, 0.25) is 11.7 Å². The molecule has 0 aliphatic carbocycles. The van der Waals surface area contributed by atoms with Gasteiger partial charge in [0.15, 0.2) is 29.0 Å². The van der Waals surface area contributed by atoms with Gasteiger partial charge in [0.25, 0.3) is 0 Å². The van der Waals surface area contributed by atoms with Crippen LogP contribution in [0.15, 0.2) is 41.8 Å². The normalized spacial score (nSPS) is 11.1. The molecule has 12 heteroatoms. The van der Waals surface area contributed by atoms with E-state index in [2.05, 4.69) is 34.0 Å². The van der Waals surface area contributed by atoms with Gasteiger partial charge in [0.05, 0.1) is 25.3 Å². The molecule has 0 saturated carbocycles. The molecule has 0 atom stereocenters. The largest absolute Gasteiger partial charge is 0.494 e. The van der Waals surface area contributed by atoms with E-state index < -0.39 is 28.9 Å². The van der Waals surface area contributed by atoms with Gasteiger partial charge in [-0.3, -0.25) is 14.3 Å². The van der Waals surface area contributed by atoms with E-state index in [1.807, 2.05) is 0 Å². The van der Waals surface area contributed by atoms with Crippen LogP contribution in [0.2, 0.25) is 0 Å². The van der Waals surface area contributed by atoms with Gasteiger partial charge in [-0.15, -0.1) is 11.3 Å². The molecule has 2 N–H and O–H groups in total. The highest BCUT2D eigenvalue weighted by Gasteiger charge is 2.27. The van der Waals surface area contributed by atoms with Gasteiger partial charge in [-0.2, -0.15) is 5.10 Å². The predicted octanol–water partition coefficient (Wildman–Crippen LogP) is 4.55. The zero-order valence-corrected chi connectivity index (χ0v) is 20.8. The number of carbonyl (C=O) groups excluding carboxylic acids is 2. The highest BCUT2D eigenvalue weighted by atomic mass is 32.1. The van der Waals surface area contributed by atoms with Gasteiger partial charge in [-0.05, 0) is 37.4 Å². The molecular weight excluding hydrogens is 492 g/mol. The predicted molar refractivity (Wildman–Crippen MR) is 135 cm³/mol. The summed E-state index contributed by atoms with van der Waals surface area (Å²) in [7, 11) is 4.08. The molecule has 0 bridgehead atoms. The molecule has 0 unspecified atom stereocenters. The van der Waals surface area contributed by atoms with Gasteiger partial charge in [-0.1, -0.05) is 6.58 Å². The first-order chi connectivity index (χ1) is 17.1. The number of amides is 1. The first kappa shape index (κ1) is 26.3. The number of halogens is 2. The Morgan fingerprint density at radius 2 is 1.81 bits per heavy atom. The summed E-state index contributed by atoms with van der Waals surface area (Å²) in [5.74, 6) is -3.62. The Morgan fingerprint density at radius 3 is 2.36 bits per heavy atom. The van der Waals surface area contributed by atoms with Crippen molar-refractivity contribution >= 4 is 47.3 Å². The number of ketones is 1. The zero-order chi connectivity index (χ0) is 26.6. The summed E-state index contributed by atoms with van der Waals surface area (Å²) in [6.45, 7) is 8.70. The first-order valence-corrected chi connectivity index (χ1v) is 11.1. The minimum Gasteiger partial charge on any atom is -0.494 e. The smallest absolute Gasteiger partial charge is 0.247 e. The zero-order valence-electron chi connectivity index (χ0n) is 19.9. The van der Waals surface area contributed by atoms with Crippen molar-refractivity contribution < 1.29 is 27.8 Å². The lowest BCUT2D eigenvalue weighted by Crippen LogP contribution is -2.09. The third-order valence-corrected chi connectivity index (χ3v) is 6.03. The van der Waals surface area contributed by atoms with Crippen molar-refractivity contribution in [1.29, 1.82) is 0 Å². The van der Waals surface area contributed by atoms with E-state index in [4.69, 9.17) is 9.47 Å². The number of aliphatic imine (C=N–C) groups is 1. The molecule has 3 rings (SSSR count). The van der Waals surface area contributed by atoms with E-state index in [1.54, 1.807) is 26.2 Å². The fourth-order valence-corrected chi connectivity index (χ4v) is 4.15. The van der Waals surface area contributed by atoms with Gasteiger partial charge < -0.3 is 20.1 Å². The lowest BCUT2D eigenvalue weighted by Gasteiger charge is -2.11. The number of methoxy groups -OCH3 is 2. The molecule has 36 heavy (non-hydrogen) atoms. The number of thiophene rings is 1. The van der Waals surface area contributed by atoms with Crippen LogP contribution in [0.4, 0.5) is 20.3 Å². The molecule has 0 fully saturated rings. The molecule has 1 amide bonds. The maximum atomic E-state index is 14.8. The first-order valence-electron chi connectivity index (χ1n) is 10.3. The number of carbonyl (C=O) groups is 2. The van der Waals surface area contributed by atoms with Crippen molar-refractivity contribution in [2.24, 2.45) is 12.0 Å². The van der Waals surface area contributed by atoms with Gasteiger partial charge in [-0.25, -0.2) is 13.8 Å². The Kier molecular flexibility index (Phi) is 8.00. The van der Waals surface area contributed by atoms with Crippen LogP contribution in [-0.2, 0) is 11.8 Å². The summed E-state index contributed by atoms with van der Waals surface area (Å²) in [6.07, 6.45) is 4.29. The standard InChI is InChI=1S/C24H23F2N5O4S/c1-7-19(32)28-14-11-31(4)30-24(14)29-18(27-3)9-13-8-17(36-12(13)2)23(33)20-21(25)15(34-5)10-16(35-6)22(20)26/h7-11H,1,3H2,2,4-6H3,(H,28,32)(H,29,30)/b18-9+. The van der Waals surface area contributed by atoms with Crippen molar-refractivity contribution in [3.63, 3.8) is 0 Å². The topological polar surface area (TPSA) is 107 Å². The molecule has 1 aromatic carbocycles. The van der Waals surface area contributed by atoms with E-state index >= 15 is 0 Å². The molecule has 3 aromatic rings. The minimum absolute atomic E-state index is 0.0899. The highest BCUT2D eigenvalue weighted by molar-refractivity contribution is 7.14. The fourth-order valence-electron chi connectivity index (χ4n) is 3.21. The van der Waals surface area contributed by atoms with Crippen LogP contribution in [0.5, 0.6) is 11.5 Å². The number of aryl methyl sites for hydroxylation is 2. The number of nitrogens with one attached hydrogen (secondary N) is 2. The maximum Gasteiger partial charge on any atom is 0.247 e. The summed E-state index contributed by atoms with van der Waals surface area (Å²) in [4.78, 5) is 29.5. The molecule has 0 saturated heterocycles. The second-order valence-electron chi connectivity index (χ2n) is 7.31. The lowest BCUT2D eigenvalue weighted by atomic mass is 10.1. The molecule has 0 aliphatic heterocycles. The van der Waals surface area contributed by atoms with Crippen LogP contribution in [-0.4, -0.2) is 42.4 Å². The summed E-state index contributed by atoms with van der Waals surface area (Å²) in [5, 5.41) is 9.83. The fraction of sp³-hybridized carbons (Fsp3) is 0.167. The van der Waals surface area contributed by atoms with Gasteiger partial charge in [0.1, 0.15) is 17.1 Å². The van der Waals surface area contributed by atoms with Crippen LogP contribution < -0.4 is 20.1 Å². The Bertz CT molecular complexity index is 1370. The Labute approximate surface area is 209 Å². The summed E-state index contributed by atoms with van der Waals surface area (Å²) >= 11 is 1.05. The Morgan fingerprint density at radius 1 is 1.17 bits per heavy atom. The second kappa shape index (κ2) is 11.0. The molecule has 0 spiro atoms. The maximum absolute atomic E-state index is 14.8. The van der Waals surface area contributed by atoms with Crippen molar-refractivity contribution in [2.75, 3.05) is 24.9 Å². The quantitative estimate of drug-likeness (QED) is 0.233. The van der Waals surface area contributed by atoms with E-state index in [-0.39, 0.29) is 22.2 Å². The van der Waals surface area contributed by atoms with Gasteiger partial charge >= 0.3 is 0 Å². The van der Waals surface area contributed by atoms with Crippen molar-refractivity contribution in [3.05, 3.63) is 69.3 Å². The van der Waals surface area contributed by atoms with Crippen LogP contribution in [0.25, 0.3) is 6.08 Å². The minimum atomic E-state index is -1.12. The monoisotopic (exact) mass is 515 g/mol. The molecule has 188 valence electrons. The number of ether oxygens (including phenoxy) is 2. The SMILES string of the molecule is C=CC(=O)Nc1cn(C)nc1N/C(=C/c1cc(C(=O)c2c(F)c(OC)cc(OC)c2F)sc1C)N=C. The Balaban J connectivity index is 1.97. The number of rotatable bonds is 10. The van der Waals surface area contributed by atoms with Crippen LogP contribution in [0.3, 0.4) is 0 Å². The lowest BCUT2D eigenvalue weighted by molar-refractivity contribution is -0.111. The molecule has 0 radical (unpaired) electrons.